The smallest absolute Gasteiger partial charge is 0.196 e. The van der Waals surface area contributed by atoms with E-state index >= 15 is 0 Å². The van der Waals surface area contributed by atoms with Gasteiger partial charge in [0.05, 0.1) is 21.2 Å². The average molecular weight is 446 g/mol. The van der Waals surface area contributed by atoms with Crippen LogP contribution in [-0.2, 0) is 0 Å². The summed E-state index contributed by atoms with van der Waals surface area (Å²) in [5.74, 6) is -0.748. The summed E-state index contributed by atoms with van der Waals surface area (Å²) >= 11 is 0. The molecule has 0 bridgehead atoms. The summed E-state index contributed by atoms with van der Waals surface area (Å²) < 4.78 is 0. The van der Waals surface area contributed by atoms with Crippen molar-refractivity contribution in [2.45, 2.75) is 0 Å². The van der Waals surface area contributed by atoms with Crippen LogP contribution >= 0.6 is 0 Å². The molecule has 6 nitrogen and oxygen atoms in total. The maximum atomic E-state index is 13.7. The number of nitrogens with one attached hydrogen (secondary N) is 2. The third kappa shape index (κ3) is 3.04. The van der Waals surface area contributed by atoms with Gasteiger partial charge in [0.15, 0.2) is 10.9 Å². The molecule has 2 aliphatic rings. The van der Waals surface area contributed by atoms with Crippen molar-refractivity contribution >= 4 is 22.3 Å². The van der Waals surface area contributed by atoms with Crippen LogP contribution in [0.15, 0.2) is 94.5 Å². The molecule has 2 aliphatic carbocycles. The molecule has 0 atom stereocenters. The van der Waals surface area contributed by atoms with E-state index in [9.17, 15) is 19.8 Å². The zero-order valence-electron chi connectivity index (χ0n) is 17.8. The highest BCUT2D eigenvalue weighted by Crippen LogP contribution is 2.09. The lowest BCUT2D eigenvalue weighted by molar-refractivity contribution is 0.498. The Bertz CT molecular complexity index is 1990. The van der Waals surface area contributed by atoms with E-state index in [0.717, 1.165) is 0 Å². The Balaban J connectivity index is 2.28. The second kappa shape index (κ2) is 7.94. The van der Waals surface area contributed by atoms with Gasteiger partial charge in [-0.1, -0.05) is 84.9 Å². The average Bonchev–Trinajstić information content (AvgIpc) is 2.88. The van der Waals surface area contributed by atoms with Gasteiger partial charge >= 0.3 is 0 Å². The zero-order valence-corrected chi connectivity index (χ0v) is 17.8. The Morgan fingerprint density at radius 2 is 0.941 bits per heavy atom. The standard InChI is InChI=1S/C28H18N2O4/c29-23-21(26(32)16-11-5-2-6-12-16)19(25(31)15-9-3-1-4-10-15)20-22(24(23)30)28(34)18-14-8-7-13-17(18)27(20)33/h1-14,29-32H/b25-19+,26-21+,29-23?,30-24?. The summed E-state index contributed by atoms with van der Waals surface area (Å²) in [7, 11) is 0. The normalized spacial score (nSPS) is 13.2. The number of benzene rings is 3. The lowest BCUT2D eigenvalue weighted by Crippen LogP contribution is -2.54. The Labute approximate surface area is 191 Å². The van der Waals surface area contributed by atoms with Gasteiger partial charge in [0, 0.05) is 32.3 Å². The van der Waals surface area contributed by atoms with E-state index in [4.69, 9.17) is 10.8 Å². The Morgan fingerprint density at radius 1 is 0.529 bits per heavy atom. The molecule has 0 unspecified atom stereocenters. The molecule has 0 radical (unpaired) electrons. The van der Waals surface area contributed by atoms with E-state index < -0.39 is 21.6 Å². The molecule has 0 aromatic heterocycles. The van der Waals surface area contributed by atoms with Crippen LogP contribution in [0, 0.1) is 21.3 Å². The first-order valence-electron chi connectivity index (χ1n) is 10.5. The molecule has 3 aromatic carbocycles. The SMILES string of the molecule is N=c1c2c(=O)c3ccccc3c(=O)c=2c(=C(\O)c2ccccc2)/c(=C(\O)c2ccccc2)c1=N. The molecule has 0 saturated heterocycles. The van der Waals surface area contributed by atoms with Gasteiger partial charge in [-0.05, 0) is 0 Å². The summed E-state index contributed by atoms with van der Waals surface area (Å²) in [4.78, 5) is 27.0. The predicted octanol–water partition coefficient (Wildman–Crippen LogP) is 1.55. The quantitative estimate of drug-likeness (QED) is 0.329. The van der Waals surface area contributed by atoms with Crippen molar-refractivity contribution in [2.75, 3.05) is 0 Å². The molecule has 0 amide bonds. The number of hydrogen-bond acceptors (Lipinski definition) is 6. The molecule has 3 aromatic rings. The van der Waals surface area contributed by atoms with Crippen molar-refractivity contribution in [1.82, 2.24) is 0 Å². The lowest BCUT2D eigenvalue weighted by atomic mass is 9.98. The monoisotopic (exact) mass is 446 g/mol. The number of aliphatic hydroxyl groups is 2. The van der Waals surface area contributed by atoms with Crippen LogP contribution in [0.3, 0.4) is 0 Å². The van der Waals surface area contributed by atoms with E-state index in [-0.39, 0.29) is 43.2 Å². The lowest BCUT2D eigenvalue weighted by Gasteiger charge is -2.07. The summed E-state index contributed by atoms with van der Waals surface area (Å²) in [6, 6.07) is 23.0. The molecule has 5 rings (SSSR count). The van der Waals surface area contributed by atoms with E-state index in [0.29, 0.717) is 11.1 Å². The van der Waals surface area contributed by atoms with Gasteiger partial charge in [-0.2, -0.15) is 0 Å². The number of fused-ring (bicyclic) bond motifs is 1. The first kappa shape index (κ1) is 21.0. The molecule has 0 saturated carbocycles. The number of aliphatic hydroxyl groups excluding tert-OH is 2. The minimum absolute atomic E-state index is 0.141. The van der Waals surface area contributed by atoms with Crippen LogP contribution in [0.25, 0.3) is 22.3 Å². The van der Waals surface area contributed by atoms with Crippen molar-refractivity contribution in [3.8, 4) is 0 Å². The van der Waals surface area contributed by atoms with Crippen molar-refractivity contribution < 1.29 is 10.2 Å². The van der Waals surface area contributed by atoms with E-state index in [1.165, 1.54) is 12.1 Å². The summed E-state index contributed by atoms with van der Waals surface area (Å²) in [6.45, 7) is 0. The Kier molecular flexibility index (Phi) is 4.91. The van der Waals surface area contributed by atoms with Gasteiger partial charge < -0.3 is 10.2 Å². The minimum Gasteiger partial charge on any atom is -0.507 e. The molecule has 4 N–H and O–H groups in total. The van der Waals surface area contributed by atoms with Crippen molar-refractivity contribution in [1.29, 1.82) is 10.8 Å². The highest BCUT2D eigenvalue weighted by atomic mass is 16.3. The van der Waals surface area contributed by atoms with Gasteiger partial charge in [0.25, 0.3) is 0 Å². The molecule has 0 heterocycles. The molecule has 0 spiro atoms. The number of rotatable bonds is 2. The fourth-order valence-corrected chi connectivity index (χ4v) is 4.31. The fourth-order valence-electron chi connectivity index (χ4n) is 4.31. The van der Waals surface area contributed by atoms with Crippen LogP contribution in [0.5, 0.6) is 0 Å². The van der Waals surface area contributed by atoms with Crippen LogP contribution in [-0.4, -0.2) is 10.2 Å². The second-order valence-corrected chi connectivity index (χ2v) is 7.88. The van der Waals surface area contributed by atoms with Crippen LogP contribution in [0.2, 0.25) is 0 Å². The van der Waals surface area contributed by atoms with Gasteiger partial charge in [0.2, 0.25) is 0 Å². The van der Waals surface area contributed by atoms with Crippen LogP contribution < -0.4 is 32.0 Å². The topological polar surface area (TPSA) is 122 Å². The Hall–Kier alpha value is -4.84. The van der Waals surface area contributed by atoms with Crippen LogP contribution in [0.4, 0.5) is 0 Å². The second-order valence-electron chi connectivity index (χ2n) is 7.88. The van der Waals surface area contributed by atoms with Crippen molar-refractivity contribution in [2.24, 2.45) is 0 Å². The Morgan fingerprint density at radius 3 is 1.44 bits per heavy atom. The maximum Gasteiger partial charge on any atom is 0.196 e. The van der Waals surface area contributed by atoms with Gasteiger partial charge in [0.1, 0.15) is 11.5 Å². The van der Waals surface area contributed by atoms with E-state index in [2.05, 4.69) is 0 Å². The largest absolute Gasteiger partial charge is 0.507 e. The first-order chi connectivity index (χ1) is 16.4. The minimum atomic E-state index is -0.573. The molecule has 164 valence electrons. The zero-order chi connectivity index (χ0) is 24.0. The van der Waals surface area contributed by atoms with Crippen LogP contribution in [0.1, 0.15) is 11.1 Å². The van der Waals surface area contributed by atoms with Crippen molar-refractivity contribution in [3.63, 3.8) is 0 Å². The summed E-state index contributed by atoms with van der Waals surface area (Å²) in [5.41, 5.74) is -0.453. The molecular weight excluding hydrogens is 428 g/mol. The fraction of sp³-hybridized carbons (Fsp3) is 0. The van der Waals surface area contributed by atoms with Gasteiger partial charge in [-0.15, -0.1) is 0 Å². The molecule has 34 heavy (non-hydrogen) atoms. The maximum absolute atomic E-state index is 13.7. The predicted molar refractivity (Wildman–Crippen MR) is 128 cm³/mol. The third-order valence-corrected chi connectivity index (χ3v) is 5.94. The highest BCUT2D eigenvalue weighted by Gasteiger charge is 2.17. The highest BCUT2D eigenvalue weighted by molar-refractivity contribution is 5.82. The third-order valence-electron chi connectivity index (χ3n) is 5.94. The molecule has 6 heteroatoms. The summed E-state index contributed by atoms with van der Waals surface area (Å²) in [5, 5.41) is 38.5. The van der Waals surface area contributed by atoms with E-state index in [1.54, 1.807) is 72.8 Å². The molecule has 0 aliphatic heterocycles. The van der Waals surface area contributed by atoms with Gasteiger partial charge in [-0.25, -0.2) is 0 Å². The molecule has 0 fully saturated rings. The summed E-state index contributed by atoms with van der Waals surface area (Å²) in [6.07, 6.45) is 0. The number of hydrogen-bond donors (Lipinski definition) is 4. The van der Waals surface area contributed by atoms with E-state index in [1.807, 2.05) is 0 Å². The van der Waals surface area contributed by atoms with Gasteiger partial charge in [-0.3, -0.25) is 20.4 Å². The molecular formula is C28H18N2O4. The first-order valence-corrected chi connectivity index (χ1v) is 10.5. The van der Waals surface area contributed by atoms with Crippen molar-refractivity contribution in [3.05, 3.63) is 148 Å².